The predicted octanol–water partition coefficient (Wildman–Crippen LogP) is 3.82. The Balaban J connectivity index is 1.72. The van der Waals surface area contributed by atoms with Crippen LogP contribution in [0.25, 0.3) is 0 Å². The van der Waals surface area contributed by atoms with Crippen LogP contribution in [-0.2, 0) is 10.9 Å². The average molecular weight is 392 g/mol. The van der Waals surface area contributed by atoms with Gasteiger partial charge >= 0.3 is 6.18 Å². The maximum Gasteiger partial charge on any atom is 0.416 e. The number of hydrogen-bond acceptors (Lipinski definition) is 3. The number of carbonyl (C=O) groups is 2. The van der Waals surface area contributed by atoms with Crippen LogP contribution in [0.4, 0.5) is 18.9 Å². The van der Waals surface area contributed by atoms with Crippen LogP contribution in [0.3, 0.4) is 0 Å². The van der Waals surface area contributed by atoms with Gasteiger partial charge in [-0.2, -0.15) is 13.2 Å². The quantitative estimate of drug-likeness (QED) is 0.864. The smallest absolute Gasteiger partial charge is 0.377 e. The van der Waals surface area contributed by atoms with Crippen LogP contribution in [0.1, 0.15) is 33.2 Å². The van der Waals surface area contributed by atoms with E-state index in [1.54, 1.807) is 29.2 Å². The highest BCUT2D eigenvalue weighted by Gasteiger charge is 2.30. The Hall–Kier alpha value is -2.87. The van der Waals surface area contributed by atoms with Gasteiger partial charge in [-0.1, -0.05) is 6.07 Å². The van der Waals surface area contributed by atoms with Gasteiger partial charge in [-0.25, -0.2) is 0 Å². The van der Waals surface area contributed by atoms with Gasteiger partial charge in [-0.15, -0.1) is 0 Å². The summed E-state index contributed by atoms with van der Waals surface area (Å²) in [6, 6.07) is 10.3. The van der Waals surface area contributed by atoms with Crippen molar-refractivity contribution in [3.8, 4) is 0 Å². The van der Waals surface area contributed by atoms with Crippen molar-refractivity contribution in [2.24, 2.45) is 0 Å². The van der Waals surface area contributed by atoms with Crippen molar-refractivity contribution in [3.05, 3.63) is 65.2 Å². The number of alkyl halides is 3. The SMILES string of the molecule is CC1COCCN1C(=O)c1cccc(NC(=O)c2ccc(C(F)(F)F)cc2)c1. The van der Waals surface area contributed by atoms with Crippen LogP contribution in [0.2, 0.25) is 0 Å². The first kappa shape index (κ1) is 19.9. The average Bonchev–Trinajstić information content (AvgIpc) is 2.67. The Bertz CT molecular complexity index is 866. The van der Waals surface area contributed by atoms with Crippen molar-refractivity contribution in [2.45, 2.75) is 19.1 Å². The molecule has 2 aromatic carbocycles. The van der Waals surface area contributed by atoms with E-state index in [0.29, 0.717) is 31.0 Å². The standard InChI is InChI=1S/C20H19F3N2O3/c1-13-12-28-10-9-25(13)19(27)15-3-2-4-17(11-15)24-18(26)14-5-7-16(8-6-14)20(21,22)23/h2-8,11,13H,9-10,12H2,1H3,(H,24,26). The Morgan fingerprint density at radius 1 is 1.11 bits per heavy atom. The highest BCUT2D eigenvalue weighted by Crippen LogP contribution is 2.29. The number of nitrogens with zero attached hydrogens (tertiary/aromatic N) is 1. The number of ether oxygens (including phenoxy) is 1. The topological polar surface area (TPSA) is 58.6 Å². The van der Waals surface area contributed by atoms with E-state index in [1.165, 1.54) is 0 Å². The number of anilines is 1. The van der Waals surface area contributed by atoms with Gasteiger partial charge in [0.25, 0.3) is 11.8 Å². The lowest BCUT2D eigenvalue weighted by molar-refractivity contribution is -0.137. The van der Waals surface area contributed by atoms with Gasteiger partial charge in [0.1, 0.15) is 0 Å². The lowest BCUT2D eigenvalue weighted by Gasteiger charge is -2.33. The molecule has 148 valence electrons. The summed E-state index contributed by atoms with van der Waals surface area (Å²) >= 11 is 0. The second kappa shape index (κ2) is 8.02. The highest BCUT2D eigenvalue weighted by molar-refractivity contribution is 6.05. The molecule has 0 aromatic heterocycles. The number of halogens is 3. The van der Waals surface area contributed by atoms with E-state index in [2.05, 4.69) is 5.32 Å². The van der Waals surface area contributed by atoms with Crippen molar-refractivity contribution >= 4 is 17.5 Å². The first-order chi connectivity index (χ1) is 13.3. The van der Waals surface area contributed by atoms with Crippen LogP contribution < -0.4 is 5.32 Å². The molecule has 0 bridgehead atoms. The number of carbonyl (C=O) groups excluding carboxylic acids is 2. The van der Waals surface area contributed by atoms with Crippen LogP contribution in [0, 0.1) is 0 Å². The Morgan fingerprint density at radius 3 is 2.46 bits per heavy atom. The molecule has 3 rings (SSSR count). The minimum Gasteiger partial charge on any atom is -0.377 e. The van der Waals surface area contributed by atoms with Crippen molar-refractivity contribution in [3.63, 3.8) is 0 Å². The summed E-state index contributed by atoms with van der Waals surface area (Å²) in [5.74, 6) is -0.723. The van der Waals surface area contributed by atoms with Crippen molar-refractivity contribution in [1.82, 2.24) is 4.90 Å². The number of rotatable bonds is 3. The van der Waals surface area contributed by atoms with Crippen molar-refractivity contribution < 1.29 is 27.5 Å². The van der Waals surface area contributed by atoms with Crippen LogP contribution in [0.15, 0.2) is 48.5 Å². The first-order valence-electron chi connectivity index (χ1n) is 8.73. The Morgan fingerprint density at radius 2 is 1.82 bits per heavy atom. The molecule has 1 heterocycles. The molecule has 1 fully saturated rings. The third-order valence-corrected chi connectivity index (χ3v) is 4.47. The molecule has 0 spiro atoms. The fourth-order valence-corrected chi connectivity index (χ4v) is 2.94. The summed E-state index contributed by atoms with van der Waals surface area (Å²) in [6.45, 7) is 3.33. The summed E-state index contributed by atoms with van der Waals surface area (Å²) in [5.41, 5.74) is 0.0680. The normalized spacial score (nSPS) is 17.3. The maximum absolute atomic E-state index is 12.7. The number of amides is 2. The molecular weight excluding hydrogens is 373 g/mol. The zero-order valence-electron chi connectivity index (χ0n) is 15.1. The highest BCUT2D eigenvalue weighted by atomic mass is 19.4. The predicted molar refractivity (Wildman–Crippen MR) is 97.2 cm³/mol. The molecule has 0 aliphatic carbocycles. The second-order valence-corrected chi connectivity index (χ2v) is 6.53. The molecule has 2 aromatic rings. The van der Waals surface area contributed by atoms with Crippen LogP contribution >= 0.6 is 0 Å². The summed E-state index contributed by atoms with van der Waals surface area (Å²) < 4.78 is 43.2. The van der Waals surface area contributed by atoms with E-state index in [1.807, 2.05) is 6.92 Å². The molecule has 1 aliphatic heterocycles. The third kappa shape index (κ3) is 4.51. The first-order valence-corrected chi connectivity index (χ1v) is 8.73. The van der Waals surface area contributed by atoms with Gasteiger partial charge < -0.3 is 15.0 Å². The molecule has 1 unspecified atom stereocenters. The second-order valence-electron chi connectivity index (χ2n) is 6.53. The fourth-order valence-electron chi connectivity index (χ4n) is 2.94. The summed E-state index contributed by atoms with van der Waals surface area (Å²) in [4.78, 5) is 26.7. The molecule has 8 heteroatoms. The molecule has 1 saturated heterocycles. The third-order valence-electron chi connectivity index (χ3n) is 4.47. The molecule has 1 aliphatic rings. The van der Waals surface area contributed by atoms with E-state index in [4.69, 9.17) is 4.74 Å². The van der Waals surface area contributed by atoms with E-state index < -0.39 is 17.6 Å². The zero-order chi connectivity index (χ0) is 20.3. The largest absolute Gasteiger partial charge is 0.416 e. The molecule has 5 nitrogen and oxygen atoms in total. The van der Waals surface area contributed by atoms with Crippen LogP contribution in [0.5, 0.6) is 0 Å². The molecule has 2 amide bonds. The van der Waals surface area contributed by atoms with E-state index in [9.17, 15) is 22.8 Å². The molecule has 0 saturated carbocycles. The molecule has 1 N–H and O–H groups in total. The number of nitrogens with one attached hydrogen (secondary N) is 1. The zero-order valence-corrected chi connectivity index (χ0v) is 15.1. The van der Waals surface area contributed by atoms with E-state index in [-0.39, 0.29) is 17.5 Å². The van der Waals surface area contributed by atoms with Gasteiger partial charge in [0.2, 0.25) is 0 Å². The maximum atomic E-state index is 12.7. The lowest BCUT2D eigenvalue weighted by atomic mass is 10.1. The fraction of sp³-hybridized carbons (Fsp3) is 0.300. The monoisotopic (exact) mass is 392 g/mol. The summed E-state index contributed by atoms with van der Waals surface area (Å²) in [6.07, 6.45) is -4.46. The summed E-state index contributed by atoms with van der Waals surface area (Å²) in [7, 11) is 0. The van der Waals surface area contributed by atoms with E-state index in [0.717, 1.165) is 24.3 Å². The molecule has 0 radical (unpaired) electrons. The van der Waals surface area contributed by atoms with Crippen molar-refractivity contribution in [2.75, 3.05) is 25.1 Å². The molecule has 1 atom stereocenters. The molecule has 28 heavy (non-hydrogen) atoms. The Kier molecular flexibility index (Phi) is 5.69. The van der Waals surface area contributed by atoms with Gasteiger partial charge in [-0.3, -0.25) is 9.59 Å². The summed E-state index contributed by atoms with van der Waals surface area (Å²) in [5, 5.41) is 2.61. The van der Waals surface area contributed by atoms with Gasteiger partial charge in [0.15, 0.2) is 0 Å². The van der Waals surface area contributed by atoms with Gasteiger partial charge in [-0.05, 0) is 49.4 Å². The van der Waals surface area contributed by atoms with Gasteiger partial charge in [0.05, 0.1) is 24.8 Å². The van der Waals surface area contributed by atoms with E-state index >= 15 is 0 Å². The van der Waals surface area contributed by atoms with Crippen LogP contribution in [-0.4, -0.2) is 42.5 Å². The molecular formula is C20H19F3N2O3. The Labute approximate surface area is 160 Å². The lowest BCUT2D eigenvalue weighted by Crippen LogP contribution is -2.47. The number of benzene rings is 2. The van der Waals surface area contributed by atoms with Crippen molar-refractivity contribution in [1.29, 1.82) is 0 Å². The number of hydrogen-bond donors (Lipinski definition) is 1. The minimum atomic E-state index is -4.46. The minimum absolute atomic E-state index is 0.0494. The number of morpholine rings is 1. The van der Waals surface area contributed by atoms with Gasteiger partial charge in [0, 0.05) is 23.4 Å².